The smallest absolute Gasteiger partial charge is 0.279 e. The molecule has 0 radical (unpaired) electrons. The molecule has 21 heavy (non-hydrogen) atoms. The van der Waals surface area contributed by atoms with Crippen LogP contribution in [0.4, 0.5) is 0 Å². The van der Waals surface area contributed by atoms with Crippen molar-refractivity contribution in [1.82, 2.24) is 9.03 Å². The van der Waals surface area contributed by atoms with Crippen molar-refractivity contribution in [1.29, 1.82) is 0 Å². The van der Waals surface area contributed by atoms with Crippen molar-refractivity contribution in [3.8, 4) is 0 Å². The second-order valence-corrected chi connectivity index (χ2v) is 7.80. The predicted octanol–water partition coefficient (Wildman–Crippen LogP) is 0.659. The van der Waals surface area contributed by atoms with Crippen molar-refractivity contribution in [2.75, 3.05) is 19.6 Å². The van der Waals surface area contributed by atoms with Gasteiger partial charge in [-0.05, 0) is 49.3 Å². The molecule has 2 aliphatic rings. The number of hydrogen-bond donors (Lipinski definition) is 2. The molecule has 6 heteroatoms. The van der Waals surface area contributed by atoms with E-state index in [2.05, 4.69) is 16.9 Å². The van der Waals surface area contributed by atoms with Gasteiger partial charge in [-0.3, -0.25) is 0 Å². The second kappa shape index (κ2) is 6.04. The lowest BCUT2D eigenvalue weighted by atomic mass is 10.0. The van der Waals surface area contributed by atoms with Crippen LogP contribution in [0, 0.1) is 5.92 Å². The molecule has 0 saturated carbocycles. The third-order valence-corrected chi connectivity index (χ3v) is 6.16. The summed E-state index contributed by atoms with van der Waals surface area (Å²) in [5.74, 6) is 0.288. The number of nitrogens with one attached hydrogen (secondary N) is 1. The summed E-state index contributed by atoms with van der Waals surface area (Å²) >= 11 is 0. The second-order valence-electron chi connectivity index (χ2n) is 6.10. The van der Waals surface area contributed by atoms with Crippen molar-refractivity contribution < 1.29 is 8.42 Å². The first-order valence-electron chi connectivity index (χ1n) is 7.63. The van der Waals surface area contributed by atoms with Crippen LogP contribution in [0.3, 0.4) is 0 Å². The molecule has 1 heterocycles. The van der Waals surface area contributed by atoms with Gasteiger partial charge in [-0.1, -0.05) is 24.3 Å². The summed E-state index contributed by atoms with van der Waals surface area (Å²) in [6, 6.07) is 8.15. The molecular formula is C15H23N3O2S. The van der Waals surface area contributed by atoms with Crippen LogP contribution in [0.5, 0.6) is 0 Å². The molecule has 1 aromatic rings. The zero-order valence-corrected chi connectivity index (χ0v) is 13.0. The maximum absolute atomic E-state index is 12.5. The van der Waals surface area contributed by atoms with Gasteiger partial charge in [0.05, 0.1) is 0 Å². The third kappa shape index (κ3) is 3.29. The van der Waals surface area contributed by atoms with Gasteiger partial charge in [0.15, 0.2) is 0 Å². The van der Waals surface area contributed by atoms with E-state index in [0.29, 0.717) is 19.6 Å². The molecule has 0 bridgehead atoms. The molecule has 1 aliphatic heterocycles. The lowest BCUT2D eigenvalue weighted by molar-refractivity contribution is 0.267. The maximum Gasteiger partial charge on any atom is 0.279 e. The largest absolute Gasteiger partial charge is 0.330 e. The molecule has 5 nitrogen and oxygen atoms in total. The van der Waals surface area contributed by atoms with E-state index in [0.717, 1.165) is 25.7 Å². The fraction of sp³-hybridized carbons (Fsp3) is 0.600. The first-order valence-corrected chi connectivity index (χ1v) is 9.07. The van der Waals surface area contributed by atoms with Crippen molar-refractivity contribution in [3.63, 3.8) is 0 Å². The summed E-state index contributed by atoms with van der Waals surface area (Å²) in [5.41, 5.74) is 8.19. The van der Waals surface area contributed by atoms with Gasteiger partial charge in [0.1, 0.15) is 0 Å². The number of piperidine rings is 1. The van der Waals surface area contributed by atoms with Crippen LogP contribution in [0.2, 0.25) is 0 Å². The van der Waals surface area contributed by atoms with Gasteiger partial charge < -0.3 is 5.73 Å². The first kappa shape index (κ1) is 15.0. The van der Waals surface area contributed by atoms with Crippen LogP contribution in [0.15, 0.2) is 24.3 Å². The van der Waals surface area contributed by atoms with Crippen LogP contribution < -0.4 is 10.5 Å². The summed E-state index contributed by atoms with van der Waals surface area (Å²) < 4.78 is 29.5. The molecule has 1 saturated heterocycles. The fourth-order valence-electron chi connectivity index (χ4n) is 3.36. The topological polar surface area (TPSA) is 75.4 Å². The van der Waals surface area contributed by atoms with Gasteiger partial charge in [0.2, 0.25) is 0 Å². The average molecular weight is 309 g/mol. The highest BCUT2D eigenvalue weighted by Gasteiger charge is 2.32. The van der Waals surface area contributed by atoms with E-state index in [4.69, 9.17) is 5.73 Å². The molecular weight excluding hydrogens is 286 g/mol. The van der Waals surface area contributed by atoms with Crippen LogP contribution >= 0.6 is 0 Å². The van der Waals surface area contributed by atoms with Crippen LogP contribution in [-0.2, 0) is 23.1 Å². The van der Waals surface area contributed by atoms with Crippen LogP contribution in [0.25, 0.3) is 0 Å². The maximum atomic E-state index is 12.5. The molecule has 0 amide bonds. The molecule has 1 unspecified atom stereocenters. The molecule has 0 spiro atoms. The van der Waals surface area contributed by atoms with Gasteiger partial charge >= 0.3 is 0 Å². The summed E-state index contributed by atoms with van der Waals surface area (Å²) in [6.07, 6.45) is 3.48. The lowest BCUT2D eigenvalue weighted by Crippen LogP contribution is -2.50. The number of nitrogens with zero attached hydrogens (tertiary/aromatic N) is 1. The van der Waals surface area contributed by atoms with E-state index in [1.165, 1.54) is 11.1 Å². The van der Waals surface area contributed by atoms with Crippen LogP contribution in [-0.4, -0.2) is 38.4 Å². The van der Waals surface area contributed by atoms with E-state index >= 15 is 0 Å². The summed E-state index contributed by atoms with van der Waals surface area (Å²) in [6.45, 7) is 1.71. The number of fused-ring (bicyclic) bond motifs is 1. The molecule has 0 aromatic heterocycles. The van der Waals surface area contributed by atoms with Gasteiger partial charge in [-0.15, -0.1) is 0 Å². The predicted molar refractivity (Wildman–Crippen MR) is 83.0 cm³/mol. The zero-order valence-electron chi connectivity index (χ0n) is 12.2. The van der Waals surface area contributed by atoms with Crippen LogP contribution in [0.1, 0.15) is 24.0 Å². The van der Waals surface area contributed by atoms with Crippen molar-refractivity contribution in [3.05, 3.63) is 35.4 Å². The Morgan fingerprint density at radius 1 is 1.24 bits per heavy atom. The lowest BCUT2D eigenvalue weighted by Gasteiger charge is -2.32. The number of rotatable bonds is 4. The fourth-order valence-corrected chi connectivity index (χ4v) is 4.88. The van der Waals surface area contributed by atoms with E-state index < -0.39 is 10.2 Å². The Morgan fingerprint density at radius 2 is 1.90 bits per heavy atom. The number of benzene rings is 1. The van der Waals surface area contributed by atoms with E-state index in [-0.39, 0.29) is 12.0 Å². The molecule has 1 fully saturated rings. The number of nitrogens with two attached hydrogens (primary N) is 1. The summed E-state index contributed by atoms with van der Waals surface area (Å²) in [7, 11) is -3.40. The van der Waals surface area contributed by atoms with Gasteiger partial charge in [-0.25, -0.2) is 0 Å². The van der Waals surface area contributed by atoms with Crippen molar-refractivity contribution in [2.24, 2.45) is 11.7 Å². The van der Waals surface area contributed by atoms with Gasteiger partial charge in [0.25, 0.3) is 10.2 Å². The normalized spacial score (nSPS) is 24.1. The molecule has 1 aromatic carbocycles. The van der Waals surface area contributed by atoms with Gasteiger partial charge in [-0.2, -0.15) is 17.4 Å². The Hall–Kier alpha value is -0.950. The van der Waals surface area contributed by atoms with E-state index in [9.17, 15) is 8.42 Å². The van der Waals surface area contributed by atoms with Gasteiger partial charge in [0, 0.05) is 19.1 Å². The van der Waals surface area contributed by atoms with Crippen molar-refractivity contribution >= 4 is 10.2 Å². The molecule has 1 aliphatic carbocycles. The highest BCUT2D eigenvalue weighted by Crippen LogP contribution is 2.23. The quantitative estimate of drug-likeness (QED) is 0.858. The minimum Gasteiger partial charge on any atom is -0.330 e. The Bertz CT molecular complexity index is 578. The molecule has 3 rings (SSSR count). The minimum atomic E-state index is -3.40. The van der Waals surface area contributed by atoms with E-state index in [1.807, 2.05) is 12.1 Å². The zero-order chi connectivity index (χ0) is 14.9. The highest BCUT2D eigenvalue weighted by atomic mass is 32.2. The molecule has 3 N–H and O–H groups in total. The SMILES string of the molecule is NCC1CCCN(S(=O)(=O)NC2Cc3ccccc3C2)C1. The Balaban J connectivity index is 1.65. The molecule has 1 atom stereocenters. The average Bonchev–Trinajstić information content (AvgIpc) is 2.88. The molecule has 116 valence electrons. The minimum absolute atomic E-state index is 0.0225. The number of hydrogen-bond acceptors (Lipinski definition) is 3. The Morgan fingerprint density at radius 3 is 2.52 bits per heavy atom. The third-order valence-electron chi connectivity index (χ3n) is 4.52. The summed E-state index contributed by atoms with van der Waals surface area (Å²) in [5, 5.41) is 0. The Kier molecular flexibility index (Phi) is 4.31. The standard InChI is InChI=1S/C15H23N3O2S/c16-10-12-4-3-7-18(11-12)21(19,20)17-15-8-13-5-1-2-6-14(13)9-15/h1-2,5-6,12,15,17H,3-4,7-11,16H2. The monoisotopic (exact) mass is 309 g/mol. The highest BCUT2D eigenvalue weighted by molar-refractivity contribution is 7.87. The van der Waals surface area contributed by atoms with E-state index in [1.54, 1.807) is 4.31 Å². The summed E-state index contributed by atoms with van der Waals surface area (Å²) in [4.78, 5) is 0. The van der Waals surface area contributed by atoms with Crippen molar-refractivity contribution in [2.45, 2.75) is 31.7 Å². The first-order chi connectivity index (χ1) is 10.1. The Labute approximate surface area is 126 Å².